The van der Waals surface area contributed by atoms with Crippen LogP contribution in [0.25, 0.3) is 0 Å². The lowest BCUT2D eigenvalue weighted by molar-refractivity contribution is 0.415. The second kappa shape index (κ2) is 8.79. The first-order chi connectivity index (χ1) is 11.2. The zero-order valence-corrected chi connectivity index (χ0v) is 13.9. The molecule has 0 aromatic heterocycles. The molecule has 23 heavy (non-hydrogen) atoms. The lowest BCUT2D eigenvalue weighted by Gasteiger charge is -2.07. The van der Waals surface area contributed by atoms with E-state index in [2.05, 4.69) is 18.8 Å². The second-order valence-electron chi connectivity index (χ2n) is 5.60. The lowest BCUT2D eigenvalue weighted by Crippen LogP contribution is -2.02. The van der Waals surface area contributed by atoms with Gasteiger partial charge in [-0.2, -0.15) is 0 Å². The van der Waals surface area contributed by atoms with Gasteiger partial charge in [-0.1, -0.05) is 32.0 Å². The van der Waals surface area contributed by atoms with Crippen molar-refractivity contribution in [2.75, 3.05) is 7.11 Å². The molecule has 0 spiro atoms. The van der Waals surface area contributed by atoms with E-state index >= 15 is 0 Å². The summed E-state index contributed by atoms with van der Waals surface area (Å²) in [7, 11) is 1.65. The van der Waals surface area contributed by atoms with Crippen LogP contribution >= 0.6 is 0 Å². The number of rotatable bonds is 6. The van der Waals surface area contributed by atoms with Crippen LogP contribution in [0.4, 0.5) is 5.69 Å². The summed E-state index contributed by atoms with van der Waals surface area (Å²) in [5, 5.41) is 0. The Kier molecular flexibility index (Phi) is 6.42. The third kappa shape index (κ3) is 5.62. The highest BCUT2D eigenvalue weighted by molar-refractivity contribution is 5.96. The summed E-state index contributed by atoms with van der Waals surface area (Å²) < 4.78 is 10.9. The second-order valence-corrected chi connectivity index (χ2v) is 5.60. The first-order valence-corrected chi connectivity index (χ1v) is 7.79. The van der Waals surface area contributed by atoms with Crippen molar-refractivity contribution in [3.8, 4) is 5.75 Å². The molecule has 0 radical (unpaired) electrons. The normalized spacial score (nSPS) is 11.9. The van der Waals surface area contributed by atoms with Crippen LogP contribution in [-0.4, -0.2) is 13.0 Å². The number of allylic oxidation sites excluding steroid dienone is 1. The molecule has 0 saturated heterocycles. The van der Waals surface area contributed by atoms with Gasteiger partial charge in [-0.15, -0.1) is 0 Å². The standard InChI is InChI=1S/C20H23NO2/c1-16(2)8-7-15-23-20(17-9-5-4-6-10-17)21-18-11-13-19(22-3)14-12-18/h4-7,9-16H,8H2,1-3H3/b15-7-,21-20?. The van der Waals surface area contributed by atoms with Crippen molar-refractivity contribution in [1.82, 2.24) is 0 Å². The quantitative estimate of drug-likeness (QED) is 0.409. The molecule has 0 amide bonds. The van der Waals surface area contributed by atoms with Gasteiger partial charge in [0.1, 0.15) is 5.75 Å². The van der Waals surface area contributed by atoms with Gasteiger partial charge in [0.2, 0.25) is 5.90 Å². The van der Waals surface area contributed by atoms with Gasteiger partial charge in [-0.25, -0.2) is 4.99 Å². The number of hydrogen-bond acceptors (Lipinski definition) is 3. The topological polar surface area (TPSA) is 30.8 Å². The van der Waals surface area contributed by atoms with Crippen molar-refractivity contribution in [1.29, 1.82) is 0 Å². The van der Waals surface area contributed by atoms with Crippen molar-refractivity contribution in [2.24, 2.45) is 10.9 Å². The number of hydrogen-bond donors (Lipinski definition) is 0. The van der Waals surface area contributed by atoms with E-state index in [0.717, 1.165) is 23.4 Å². The molecule has 0 N–H and O–H groups in total. The van der Waals surface area contributed by atoms with Crippen LogP contribution in [0.15, 0.2) is 71.9 Å². The fourth-order valence-electron chi connectivity index (χ4n) is 1.95. The summed E-state index contributed by atoms with van der Waals surface area (Å²) in [5.74, 6) is 1.99. The van der Waals surface area contributed by atoms with Gasteiger partial charge in [-0.3, -0.25) is 0 Å². The summed E-state index contributed by atoms with van der Waals surface area (Å²) >= 11 is 0. The van der Waals surface area contributed by atoms with Gasteiger partial charge >= 0.3 is 0 Å². The maximum absolute atomic E-state index is 5.78. The van der Waals surface area contributed by atoms with E-state index in [0.29, 0.717) is 11.8 Å². The molecule has 0 aliphatic heterocycles. The fraction of sp³-hybridized carbons (Fsp3) is 0.250. The molecule has 0 aliphatic rings. The molecule has 0 saturated carbocycles. The van der Waals surface area contributed by atoms with Crippen LogP contribution < -0.4 is 4.74 Å². The van der Waals surface area contributed by atoms with E-state index in [1.165, 1.54) is 0 Å². The minimum atomic E-state index is 0.579. The highest BCUT2D eigenvalue weighted by Gasteiger charge is 2.04. The minimum absolute atomic E-state index is 0.579. The molecule has 0 heterocycles. The summed E-state index contributed by atoms with van der Waals surface area (Å²) in [6, 6.07) is 17.5. The van der Waals surface area contributed by atoms with Crippen LogP contribution in [0.3, 0.4) is 0 Å². The Hall–Kier alpha value is -2.55. The first kappa shape index (κ1) is 16.8. The highest BCUT2D eigenvalue weighted by Crippen LogP contribution is 2.19. The fourth-order valence-corrected chi connectivity index (χ4v) is 1.95. The van der Waals surface area contributed by atoms with Crippen LogP contribution in [0.1, 0.15) is 25.8 Å². The molecule has 2 aromatic rings. The summed E-state index contributed by atoms with van der Waals surface area (Å²) in [5.41, 5.74) is 1.76. The Morgan fingerprint density at radius 2 is 1.74 bits per heavy atom. The van der Waals surface area contributed by atoms with Gasteiger partial charge < -0.3 is 9.47 Å². The van der Waals surface area contributed by atoms with Crippen molar-refractivity contribution in [2.45, 2.75) is 20.3 Å². The molecule has 0 fully saturated rings. The predicted molar refractivity (Wildman–Crippen MR) is 95.3 cm³/mol. The van der Waals surface area contributed by atoms with Gasteiger partial charge in [0.05, 0.1) is 19.1 Å². The molecule has 0 aliphatic carbocycles. The summed E-state index contributed by atoms with van der Waals surface area (Å²) in [4.78, 5) is 4.61. The van der Waals surface area contributed by atoms with E-state index in [9.17, 15) is 0 Å². The molecule has 3 heteroatoms. The maximum Gasteiger partial charge on any atom is 0.226 e. The Labute approximate surface area is 138 Å². The van der Waals surface area contributed by atoms with E-state index in [-0.39, 0.29) is 0 Å². The Balaban J connectivity index is 2.21. The number of methoxy groups -OCH3 is 1. The summed E-state index contributed by atoms with van der Waals surface area (Å²) in [6.07, 6.45) is 4.72. The van der Waals surface area contributed by atoms with Crippen LogP contribution in [0.5, 0.6) is 5.75 Å². The van der Waals surface area contributed by atoms with Crippen LogP contribution in [-0.2, 0) is 4.74 Å². The van der Waals surface area contributed by atoms with E-state index < -0.39 is 0 Å². The monoisotopic (exact) mass is 309 g/mol. The molecule has 3 nitrogen and oxygen atoms in total. The van der Waals surface area contributed by atoms with Crippen molar-refractivity contribution >= 4 is 11.6 Å². The molecular weight excluding hydrogens is 286 g/mol. The number of benzene rings is 2. The smallest absolute Gasteiger partial charge is 0.226 e. The molecule has 0 bridgehead atoms. The average molecular weight is 309 g/mol. The molecule has 2 aromatic carbocycles. The lowest BCUT2D eigenvalue weighted by atomic mass is 10.1. The largest absolute Gasteiger partial charge is 0.497 e. The average Bonchev–Trinajstić information content (AvgIpc) is 2.58. The van der Waals surface area contributed by atoms with Crippen molar-refractivity contribution in [3.05, 3.63) is 72.5 Å². The van der Waals surface area contributed by atoms with Crippen molar-refractivity contribution < 1.29 is 9.47 Å². The molecule has 0 atom stereocenters. The van der Waals surface area contributed by atoms with E-state index in [1.807, 2.05) is 60.7 Å². The number of aliphatic imine (C=N–C) groups is 1. The first-order valence-electron chi connectivity index (χ1n) is 7.79. The van der Waals surface area contributed by atoms with Crippen LogP contribution in [0.2, 0.25) is 0 Å². The minimum Gasteiger partial charge on any atom is -0.497 e. The Bertz CT molecular complexity index is 643. The molecule has 0 unspecified atom stereocenters. The maximum atomic E-state index is 5.78. The Morgan fingerprint density at radius 1 is 1.04 bits per heavy atom. The van der Waals surface area contributed by atoms with Gasteiger partial charge in [0.15, 0.2) is 0 Å². The molecular formula is C20H23NO2. The third-order valence-corrected chi connectivity index (χ3v) is 3.21. The molecule has 2 rings (SSSR count). The number of ether oxygens (including phenoxy) is 2. The van der Waals surface area contributed by atoms with E-state index in [4.69, 9.17) is 9.47 Å². The summed E-state index contributed by atoms with van der Waals surface area (Å²) in [6.45, 7) is 4.35. The SMILES string of the molecule is COc1ccc(N=C(O/C=C\CC(C)C)c2ccccc2)cc1. The van der Waals surface area contributed by atoms with E-state index in [1.54, 1.807) is 13.4 Å². The Morgan fingerprint density at radius 3 is 2.35 bits per heavy atom. The zero-order valence-electron chi connectivity index (χ0n) is 13.9. The van der Waals surface area contributed by atoms with Gasteiger partial charge in [0, 0.05) is 5.56 Å². The molecule has 120 valence electrons. The van der Waals surface area contributed by atoms with Crippen LogP contribution in [0, 0.1) is 5.92 Å². The third-order valence-electron chi connectivity index (χ3n) is 3.21. The highest BCUT2D eigenvalue weighted by atomic mass is 16.5. The number of nitrogens with zero attached hydrogens (tertiary/aromatic N) is 1. The zero-order chi connectivity index (χ0) is 16.5. The van der Waals surface area contributed by atoms with Gasteiger partial charge in [-0.05, 0) is 54.8 Å². The van der Waals surface area contributed by atoms with Crippen molar-refractivity contribution in [3.63, 3.8) is 0 Å². The predicted octanol–water partition coefficient (Wildman–Crippen LogP) is 5.35. The van der Waals surface area contributed by atoms with Gasteiger partial charge in [0.25, 0.3) is 0 Å².